The maximum atomic E-state index is 11.5. The van der Waals surface area contributed by atoms with Crippen molar-refractivity contribution >= 4 is 5.97 Å². The number of carbonyl (C=O) groups is 1. The molecular weight excluding hydrogens is 176 g/mol. The third kappa shape index (κ3) is 4.12. The van der Waals surface area contributed by atoms with Gasteiger partial charge in [-0.05, 0) is 25.2 Å². The number of hydrogen-bond donors (Lipinski definition) is 0. The maximum Gasteiger partial charge on any atom is 0.308 e. The van der Waals surface area contributed by atoms with Gasteiger partial charge in [0.15, 0.2) is 0 Å². The van der Waals surface area contributed by atoms with Crippen molar-refractivity contribution in [2.24, 2.45) is 17.8 Å². The highest BCUT2D eigenvalue weighted by atomic mass is 16.5. The first-order chi connectivity index (χ1) is 6.54. The lowest BCUT2D eigenvalue weighted by molar-refractivity contribution is -0.150. The Balaban J connectivity index is 4.26. The minimum absolute atomic E-state index is 0.0369. The molecule has 14 heavy (non-hydrogen) atoms. The predicted octanol–water partition coefficient (Wildman–Crippen LogP) is 3.26. The SMILES string of the molecule is CCCC(C(C)C)C(C)C(=O)OCC. The van der Waals surface area contributed by atoms with Crippen molar-refractivity contribution in [1.82, 2.24) is 0 Å². The molecule has 0 heterocycles. The van der Waals surface area contributed by atoms with Crippen molar-refractivity contribution in [3.8, 4) is 0 Å². The molecule has 2 nitrogen and oxygen atoms in total. The van der Waals surface area contributed by atoms with Crippen molar-refractivity contribution < 1.29 is 9.53 Å². The van der Waals surface area contributed by atoms with E-state index in [-0.39, 0.29) is 11.9 Å². The van der Waals surface area contributed by atoms with Crippen molar-refractivity contribution in [2.45, 2.75) is 47.5 Å². The first-order valence-corrected chi connectivity index (χ1v) is 5.71. The summed E-state index contributed by atoms with van der Waals surface area (Å²) in [5.74, 6) is 1.00. The smallest absolute Gasteiger partial charge is 0.308 e. The second-order valence-corrected chi connectivity index (χ2v) is 4.24. The molecule has 2 heteroatoms. The molecule has 2 unspecified atom stereocenters. The summed E-state index contributed by atoms with van der Waals surface area (Å²) in [5, 5.41) is 0. The van der Waals surface area contributed by atoms with Gasteiger partial charge in [-0.2, -0.15) is 0 Å². The first-order valence-electron chi connectivity index (χ1n) is 5.71. The van der Waals surface area contributed by atoms with E-state index in [0.717, 1.165) is 12.8 Å². The molecule has 0 radical (unpaired) electrons. The summed E-state index contributed by atoms with van der Waals surface area (Å²) in [4.78, 5) is 11.5. The van der Waals surface area contributed by atoms with Gasteiger partial charge < -0.3 is 4.74 Å². The van der Waals surface area contributed by atoms with E-state index in [2.05, 4.69) is 20.8 Å². The first kappa shape index (κ1) is 13.5. The summed E-state index contributed by atoms with van der Waals surface area (Å²) in [6, 6.07) is 0. The molecular formula is C12H24O2. The fraction of sp³-hybridized carbons (Fsp3) is 0.917. The average molecular weight is 200 g/mol. The van der Waals surface area contributed by atoms with Gasteiger partial charge in [0.05, 0.1) is 12.5 Å². The Kier molecular flexibility index (Phi) is 6.60. The van der Waals surface area contributed by atoms with Crippen LogP contribution in [0.4, 0.5) is 0 Å². The van der Waals surface area contributed by atoms with Gasteiger partial charge >= 0.3 is 5.97 Å². The molecule has 0 saturated heterocycles. The number of carbonyl (C=O) groups excluding carboxylic acids is 1. The summed E-state index contributed by atoms with van der Waals surface area (Å²) in [6.07, 6.45) is 2.24. The molecule has 0 aromatic carbocycles. The molecule has 0 fully saturated rings. The highest BCUT2D eigenvalue weighted by Gasteiger charge is 2.26. The van der Waals surface area contributed by atoms with Gasteiger partial charge in [0.1, 0.15) is 0 Å². The Morgan fingerprint density at radius 1 is 1.21 bits per heavy atom. The summed E-state index contributed by atoms with van der Waals surface area (Å²) in [7, 11) is 0. The van der Waals surface area contributed by atoms with Gasteiger partial charge in [0.25, 0.3) is 0 Å². The molecule has 0 bridgehead atoms. The van der Waals surface area contributed by atoms with Gasteiger partial charge in [-0.3, -0.25) is 4.79 Å². The van der Waals surface area contributed by atoms with Crippen LogP contribution in [-0.2, 0) is 9.53 Å². The normalized spacial score (nSPS) is 15.3. The van der Waals surface area contributed by atoms with Crippen molar-refractivity contribution in [1.29, 1.82) is 0 Å². The maximum absolute atomic E-state index is 11.5. The largest absolute Gasteiger partial charge is 0.466 e. The van der Waals surface area contributed by atoms with Crippen LogP contribution in [0.15, 0.2) is 0 Å². The summed E-state index contributed by atoms with van der Waals surface area (Å²) >= 11 is 0. The van der Waals surface area contributed by atoms with Gasteiger partial charge in [-0.1, -0.05) is 34.1 Å². The molecule has 0 aliphatic heterocycles. The quantitative estimate of drug-likeness (QED) is 0.615. The van der Waals surface area contributed by atoms with Crippen LogP contribution in [0.1, 0.15) is 47.5 Å². The van der Waals surface area contributed by atoms with E-state index in [4.69, 9.17) is 4.74 Å². The molecule has 2 atom stereocenters. The molecule has 0 saturated carbocycles. The topological polar surface area (TPSA) is 26.3 Å². The summed E-state index contributed by atoms with van der Waals surface area (Å²) < 4.78 is 5.04. The molecule has 0 aromatic heterocycles. The number of esters is 1. The standard InChI is InChI=1S/C12H24O2/c1-6-8-11(9(3)4)10(5)12(13)14-7-2/h9-11H,6-8H2,1-5H3. The van der Waals surface area contributed by atoms with E-state index in [1.54, 1.807) is 0 Å². The average Bonchev–Trinajstić information content (AvgIpc) is 2.13. The lowest BCUT2D eigenvalue weighted by Crippen LogP contribution is -2.26. The third-order valence-electron chi connectivity index (χ3n) is 2.78. The Labute approximate surface area is 88.0 Å². The lowest BCUT2D eigenvalue weighted by atomic mass is 9.81. The van der Waals surface area contributed by atoms with Crippen molar-refractivity contribution in [2.75, 3.05) is 6.61 Å². The van der Waals surface area contributed by atoms with Crippen LogP contribution in [0.3, 0.4) is 0 Å². The Hall–Kier alpha value is -0.530. The zero-order chi connectivity index (χ0) is 11.1. The Morgan fingerprint density at radius 3 is 2.14 bits per heavy atom. The van der Waals surface area contributed by atoms with Crippen molar-refractivity contribution in [3.63, 3.8) is 0 Å². The van der Waals surface area contributed by atoms with Crippen LogP contribution in [0.25, 0.3) is 0 Å². The number of rotatable bonds is 6. The van der Waals surface area contributed by atoms with Gasteiger partial charge in [-0.25, -0.2) is 0 Å². The Morgan fingerprint density at radius 2 is 1.79 bits per heavy atom. The van der Waals surface area contributed by atoms with Crippen molar-refractivity contribution in [3.05, 3.63) is 0 Å². The number of ether oxygens (including phenoxy) is 1. The van der Waals surface area contributed by atoms with E-state index >= 15 is 0 Å². The Bertz CT molecular complexity index is 164. The molecule has 0 aromatic rings. The molecule has 0 rings (SSSR count). The van der Waals surface area contributed by atoms with E-state index in [9.17, 15) is 4.79 Å². The highest BCUT2D eigenvalue weighted by Crippen LogP contribution is 2.26. The summed E-state index contributed by atoms with van der Waals surface area (Å²) in [5.41, 5.74) is 0. The molecule has 0 amide bonds. The monoisotopic (exact) mass is 200 g/mol. The van der Waals surface area contributed by atoms with Gasteiger partial charge in [0.2, 0.25) is 0 Å². The molecule has 0 aliphatic rings. The van der Waals surface area contributed by atoms with E-state index < -0.39 is 0 Å². The fourth-order valence-electron chi connectivity index (χ4n) is 1.94. The van der Waals surface area contributed by atoms with E-state index in [1.165, 1.54) is 0 Å². The minimum atomic E-state index is -0.0420. The van der Waals surface area contributed by atoms with Crippen LogP contribution in [0.5, 0.6) is 0 Å². The van der Waals surface area contributed by atoms with E-state index in [0.29, 0.717) is 18.4 Å². The zero-order valence-corrected chi connectivity index (χ0v) is 10.2. The molecule has 0 spiro atoms. The van der Waals surface area contributed by atoms with Gasteiger partial charge in [-0.15, -0.1) is 0 Å². The number of hydrogen-bond acceptors (Lipinski definition) is 2. The third-order valence-corrected chi connectivity index (χ3v) is 2.78. The van der Waals surface area contributed by atoms with Crippen LogP contribution < -0.4 is 0 Å². The van der Waals surface area contributed by atoms with Crippen LogP contribution in [0, 0.1) is 17.8 Å². The summed E-state index contributed by atoms with van der Waals surface area (Å²) in [6.45, 7) is 10.8. The highest BCUT2D eigenvalue weighted by molar-refractivity contribution is 5.72. The predicted molar refractivity (Wildman–Crippen MR) is 59.0 cm³/mol. The molecule has 0 aliphatic carbocycles. The second-order valence-electron chi connectivity index (χ2n) is 4.24. The second kappa shape index (κ2) is 6.86. The lowest BCUT2D eigenvalue weighted by Gasteiger charge is -2.25. The van der Waals surface area contributed by atoms with Crippen LogP contribution >= 0.6 is 0 Å². The zero-order valence-electron chi connectivity index (χ0n) is 10.2. The molecule has 84 valence electrons. The van der Waals surface area contributed by atoms with Crippen LogP contribution in [-0.4, -0.2) is 12.6 Å². The van der Waals surface area contributed by atoms with E-state index in [1.807, 2.05) is 13.8 Å². The molecule has 0 N–H and O–H groups in total. The fourth-order valence-corrected chi connectivity index (χ4v) is 1.94. The van der Waals surface area contributed by atoms with Gasteiger partial charge in [0, 0.05) is 0 Å². The van der Waals surface area contributed by atoms with Crippen LogP contribution in [0.2, 0.25) is 0 Å². The minimum Gasteiger partial charge on any atom is -0.466 e.